The highest BCUT2D eigenvalue weighted by molar-refractivity contribution is 9.10. The highest BCUT2D eigenvalue weighted by Gasteiger charge is 2.64. The Morgan fingerprint density at radius 2 is 1.87 bits per heavy atom. The van der Waals surface area contributed by atoms with Crippen LogP contribution in [0.5, 0.6) is 0 Å². The molecule has 8 nitrogen and oxygen atoms in total. The molecule has 0 aliphatic carbocycles. The summed E-state index contributed by atoms with van der Waals surface area (Å²) in [6.45, 7) is 8.76. The summed E-state index contributed by atoms with van der Waals surface area (Å²) in [4.78, 5) is 41.9. The van der Waals surface area contributed by atoms with E-state index in [2.05, 4.69) is 15.9 Å². The van der Waals surface area contributed by atoms with E-state index in [1.807, 2.05) is 0 Å². The van der Waals surface area contributed by atoms with Crippen LogP contribution in [0.15, 0.2) is 45.5 Å². The minimum absolute atomic E-state index is 0.0802. The van der Waals surface area contributed by atoms with E-state index in [-0.39, 0.29) is 22.8 Å². The second kappa shape index (κ2) is 7.71. The molecule has 0 saturated heterocycles. The molecule has 2 heterocycles. The fraction of sp³-hybridized carbons (Fsp3) is 0.409. The zero-order valence-electron chi connectivity index (χ0n) is 18.3. The van der Waals surface area contributed by atoms with Crippen LogP contribution in [0.3, 0.4) is 0 Å². The Bertz CT molecular complexity index is 1050. The number of nitrogens with zero attached hydrogens (tertiary/aromatic N) is 1. The quantitative estimate of drug-likeness (QED) is 0.645. The van der Waals surface area contributed by atoms with E-state index in [1.165, 1.54) is 18.9 Å². The Morgan fingerprint density at radius 1 is 1.23 bits per heavy atom. The van der Waals surface area contributed by atoms with Crippen molar-refractivity contribution in [2.45, 2.75) is 45.6 Å². The molecule has 31 heavy (non-hydrogen) atoms. The molecule has 1 aromatic rings. The van der Waals surface area contributed by atoms with Gasteiger partial charge in [-0.3, -0.25) is 4.79 Å². The fourth-order valence-corrected chi connectivity index (χ4v) is 4.45. The van der Waals surface area contributed by atoms with Gasteiger partial charge in [-0.25, -0.2) is 9.59 Å². The third kappa shape index (κ3) is 3.40. The van der Waals surface area contributed by atoms with Crippen LogP contribution in [0.4, 0.5) is 5.69 Å². The lowest BCUT2D eigenvalue weighted by Crippen LogP contribution is -2.51. The smallest absolute Gasteiger partial charge is 0.340 e. The van der Waals surface area contributed by atoms with Gasteiger partial charge in [0, 0.05) is 22.3 Å². The number of rotatable bonds is 3. The van der Waals surface area contributed by atoms with Gasteiger partial charge in [0.15, 0.2) is 0 Å². The van der Waals surface area contributed by atoms with E-state index in [0.717, 1.165) is 0 Å². The summed E-state index contributed by atoms with van der Waals surface area (Å²) >= 11 is 3.43. The van der Waals surface area contributed by atoms with Crippen LogP contribution >= 0.6 is 15.9 Å². The van der Waals surface area contributed by atoms with Gasteiger partial charge in [-0.05, 0) is 52.8 Å². The Kier molecular flexibility index (Phi) is 5.69. The van der Waals surface area contributed by atoms with Gasteiger partial charge in [0.2, 0.25) is 11.8 Å². The minimum Gasteiger partial charge on any atom is -0.465 e. The normalized spacial score (nSPS) is 20.7. The van der Waals surface area contributed by atoms with Crippen LogP contribution in [0.1, 0.15) is 40.2 Å². The predicted octanol–water partition coefficient (Wildman–Crippen LogP) is 3.04. The zero-order chi connectivity index (χ0) is 23.3. The monoisotopic (exact) mass is 492 g/mol. The number of allylic oxidation sites excluding steroid dienone is 1. The largest absolute Gasteiger partial charge is 0.465 e. The highest BCUT2D eigenvalue weighted by atomic mass is 79.9. The third-order valence-corrected chi connectivity index (χ3v) is 5.63. The average Bonchev–Trinajstić information content (AvgIpc) is 2.88. The lowest BCUT2D eigenvalue weighted by Gasteiger charge is -2.37. The number of benzene rings is 1. The molecule has 3 rings (SSSR count). The Labute approximate surface area is 189 Å². The van der Waals surface area contributed by atoms with E-state index in [4.69, 9.17) is 19.9 Å². The van der Waals surface area contributed by atoms with E-state index < -0.39 is 28.9 Å². The number of hydrogen-bond acceptors (Lipinski definition) is 7. The first-order chi connectivity index (χ1) is 14.4. The topological polar surface area (TPSA) is 108 Å². The summed E-state index contributed by atoms with van der Waals surface area (Å²) in [7, 11) is 1.17. The molecule has 1 spiro atoms. The van der Waals surface area contributed by atoms with Gasteiger partial charge in [0.05, 0.1) is 7.11 Å². The van der Waals surface area contributed by atoms with Crippen molar-refractivity contribution in [2.24, 2.45) is 5.73 Å². The lowest BCUT2D eigenvalue weighted by atomic mass is 9.67. The number of anilines is 1. The number of hydrogen-bond donors (Lipinski definition) is 1. The summed E-state index contributed by atoms with van der Waals surface area (Å²) < 4.78 is 16.8. The van der Waals surface area contributed by atoms with Crippen molar-refractivity contribution in [2.75, 3.05) is 18.6 Å². The van der Waals surface area contributed by atoms with Gasteiger partial charge in [0.1, 0.15) is 27.9 Å². The fourth-order valence-electron chi connectivity index (χ4n) is 4.09. The number of fused-ring (bicyclic) bond motifs is 2. The molecule has 2 aliphatic rings. The van der Waals surface area contributed by atoms with E-state index in [1.54, 1.807) is 45.9 Å². The SMILES string of the molecule is CCN1C(=O)C2(C(C(=O)OC(C)(C)C)=C(C)OC(N)=C2C(=O)OC)c2cc(Br)ccc21. The first-order valence-electron chi connectivity index (χ1n) is 9.73. The Balaban J connectivity index is 2.46. The molecule has 2 aliphatic heterocycles. The first kappa shape index (κ1) is 22.9. The van der Waals surface area contributed by atoms with Crippen LogP contribution < -0.4 is 10.6 Å². The van der Waals surface area contributed by atoms with Crippen molar-refractivity contribution in [1.82, 2.24) is 0 Å². The summed E-state index contributed by atoms with van der Waals surface area (Å²) in [5.74, 6) is -2.38. The van der Waals surface area contributed by atoms with E-state index >= 15 is 0 Å². The van der Waals surface area contributed by atoms with Crippen LogP contribution in [0, 0.1) is 0 Å². The number of methoxy groups -OCH3 is 1. The number of likely N-dealkylation sites (N-methyl/N-ethyl adjacent to an activating group) is 1. The molecule has 0 saturated carbocycles. The molecule has 0 bridgehead atoms. The minimum atomic E-state index is -1.86. The number of carbonyl (C=O) groups is 3. The first-order valence-corrected chi connectivity index (χ1v) is 10.5. The maximum atomic E-state index is 14.0. The maximum Gasteiger partial charge on any atom is 0.340 e. The van der Waals surface area contributed by atoms with Gasteiger partial charge in [-0.1, -0.05) is 15.9 Å². The molecule has 1 atom stereocenters. The molecule has 2 N–H and O–H groups in total. The molecule has 1 amide bonds. The summed E-state index contributed by atoms with van der Waals surface area (Å²) in [6.07, 6.45) is 0. The van der Waals surface area contributed by atoms with Crippen molar-refractivity contribution < 1.29 is 28.6 Å². The second-order valence-corrected chi connectivity index (χ2v) is 9.14. The van der Waals surface area contributed by atoms with Crippen molar-refractivity contribution in [3.8, 4) is 0 Å². The predicted molar refractivity (Wildman–Crippen MR) is 117 cm³/mol. The molecule has 0 fully saturated rings. The molecule has 9 heteroatoms. The summed E-state index contributed by atoms with van der Waals surface area (Å²) in [6, 6.07) is 5.22. The molecule has 0 radical (unpaired) electrons. The number of halogens is 1. The molecule has 166 valence electrons. The second-order valence-electron chi connectivity index (χ2n) is 8.23. The van der Waals surface area contributed by atoms with Gasteiger partial charge in [0.25, 0.3) is 0 Å². The number of nitrogens with two attached hydrogens (primary N) is 1. The number of amides is 1. The molecular weight excluding hydrogens is 468 g/mol. The molecule has 1 unspecified atom stereocenters. The lowest BCUT2D eigenvalue weighted by molar-refractivity contribution is -0.152. The van der Waals surface area contributed by atoms with E-state index in [9.17, 15) is 14.4 Å². The summed E-state index contributed by atoms with van der Waals surface area (Å²) in [5.41, 5.74) is 4.03. The maximum absolute atomic E-state index is 14.0. The van der Waals surface area contributed by atoms with Gasteiger partial charge >= 0.3 is 11.9 Å². The zero-order valence-corrected chi connectivity index (χ0v) is 19.9. The van der Waals surface area contributed by atoms with Crippen molar-refractivity contribution in [3.05, 3.63) is 51.0 Å². The number of carbonyl (C=O) groups excluding carboxylic acids is 3. The van der Waals surface area contributed by atoms with Crippen LogP contribution in [0.2, 0.25) is 0 Å². The molecule has 0 aromatic heterocycles. The molecule has 1 aromatic carbocycles. The van der Waals surface area contributed by atoms with Gasteiger partial charge < -0.3 is 24.8 Å². The van der Waals surface area contributed by atoms with Crippen LogP contribution in [-0.2, 0) is 34.0 Å². The van der Waals surface area contributed by atoms with E-state index in [0.29, 0.717) is 22.3 Å². The van der Waals surface area contributed by atoms with Crippen LogP contribution in [0.25, 0.3) is 0 Å². The highest BCUT2D eigenvalue weighted by Crippen LogP contribution is 2.55. The Morgan fingerprint density at radius 3 is 2.42 bits per heavy atom. The van der Waals surface area contributed by atoms with Crippen molar-refractivity contribution >= 4 is 39.5 Å². The molecular formula is C22H25BrN2O6. The number of esters is 2. The van der Waals surface area contributed by atoms with Gasteiger partial charge in [-0.15, -0.1) is 0 Å². The van der Waals surface area contributed by atoms with Crippen molar-refractivity contribution in [3.63, 3.8) is 0 Å². The van der Waals surface area contributed by atoms with Crippen molar-refractivity contribution in [1.29, 1.82) is 0 Å². The third-order valence-electron chi connectivity index (χ3n) is 5.14. The standard InChI is InChI=1S/C22H25BrN2O6/c1-7-25-14-9-8-12(23)10-13(14)22(20(25)28)15(19(27)31-21(3,4)5)11(2)30-17(24)16(22)18(26)29-6/h8-10H,7,24H2,1-6H3. The van der Waals surface area contributed by atoms with Gasteiger partial charge in [-0.2, -0.15) is 0 Å². The summed E-state index contributed by atoms with van der Waals surface area (Å²) in [5, 5.41) is 0. The Hall–Kier alpha value is -2.81. The van der Waals surface area contributed by atoms with Crippen LogP contribution in [-0.4, -0.2) is 37.1 Å². The average molecular weight is 493 g/mol. The number of ether oxygens (including phenoxy) is 3.